The molecule has 8 heteroatoms. The van der Waals surface area contributed by atoms with E-state index in [1.54, 1.807) is 19.4 Å². The number of nitrogen functional groups attached to an aromatic ring is 1. The first kappa shape index (κ1) is 16.7. The van der Waals surface area contributed by atoms with Crippen LogP contribution in [0.15, 0.2) is 24.7 Å². The molecule has 1 aliphatic rings. The van der Waals surface area contributed by atoms with Crippen molar-refractivity contribution in [1.29, 1.82) is 0 Å². The molecule has 3 N–H and O–H groups in total. The highest BCUT2D eigenvalue weighted by molar-refractivity contribution is 6.33. The lowest BCUT2D eigenvalue weighted by atomic mass is 10.2. The number of rotatable bonds is 5. The summed E-state index contributed by atoms with van der Waals surface area (Å²) in [6.45, 7) is 3.40. The molecule has 0 aliphatic carbocycles. The second-order valence-electron chi connectivity index (χ2n) is 5.87. The number of methoxy groups -OCH3 is 1. The zero-order chi connectivity index (χ0) is 17.1. The van der Waals surface area contributed by atoms with E-state index < -0.39 is 0 Å². The number of halogens is 1. The number of pyridine rings is 1. The van der Waals surface area contributed by atoms with Gasteiger partial charge >= 0.3 is 0 Å². The van der Waals surface area contributed by atoms with Crippen LogP contribution in [-0.4, -0.2) is 47.3 Å². The summed E-state index contributed by atoms with van der Waals surface area (Å²) in [5.41, 5.74) is 6.78. The summed E-state index contributed by atoms with van der Waals surface area (Å²) in [5, 5.41) is 3.99. The predicted octanol–water partition coefficient (Wildman–Crippen LogP) is 2.12. The Morgan fingerprint density at radius 3 is 3.00 bits per heavy atom. The van der Waals surface area contributed by atoms with Crippen LogP contribution in [0, 0.1) is 6.92 Å². The summed E-state index contributed by atoms with van der Waals surface area (Å²) in [6.07, 6.45) is 4.26. The van der Waals surface area contributed by atoms with Gasteiger partial charge in [-0.15, -0.1) is 0 Å². The van der Waals surface area contributed by atoms with E-state index >= 15 is 0 Å². The fourth-order valence-electron chi connectivity index (χ4n) is 2.92. The SMILES string of the molecule is CO[C@@H]1C[C@H](CNc2nccc(C)c2Cl)N(c2cc(N)ncn2)C1. The van der Waals surface area contributed by atoms with Crippen LogP contribution in [0.4, 0.5) is 17.5 Å². The third-order valence-electron chi connectivity index (χ3n) is 4.26. The number of hydrogen-bond donors (Lipinski definition) is 2. The van der Waals surface area contributed by atoms with E-state index in [9.17, 15) is 0 Å². The Balaban J connectivity index is 1.75. The maximum atomic E-state index is 6.31. The molecule has 0 saturated carbocycles. The predicted molar refractivity (Wildman–Crippen MR) is 95.5 cm³/mol. The van der Waals surface area contributed by atoms with E-state index in [0.29, 0.717) is 23.2 Å². The van der Waals surface area contributed by atoms with Gasteiger partial charge < -0.3 is 20.7 Å². The summed E-state index contributed by atoms with van der Waals surface area (Å²) >= 11 is 6.31. The van der Waals surface area contributed by atoms with Gasteiger partial charge in [-0.3, -0.25) is 0 Å². The largest absolute Gasteiger partial charge is 0.384 e. The number of aryl methyl sites for hydroxylation is 1. The summed E-state index contributed by atoms with van der Waals surface area (Å²) in [5.74, 6) is 1.95. The summed E-state index contributed by atoms with van der Waals surface area (Å²) in [4.78, 5) is 14.8. The van der Waals surface area contributed by atoms with Gasteiger partial charge in [0.2, 0.25) is 0 Å². The zero-order valence-corrected chi connectivity index (χ0v) is 14.5. The van der Waals surface area contributed by atoms with E-state index in [1.807, 2.05) is 13.0 Å². The minimum atomic E-state index is 0.147. The zero-order valence-electron chi connectivity index (χ0n) is 13.7. The van der Waals surface area contributed by atoms with Crippen molar-refractivity contribution in [3.8, 4) is 0 Å². The number of ether oxygens (including phenoxy) is 1. The lowest BCUT2D eigenvalue weighted by Gasteiger charge is -2.26. The van der Waals surface area contributed by atoms with Crippen molar-refractivity contribution in [2.45, 2.75) is 25.5 Å². The van der Waals surface area contributed by atoms with Crippen LogP contribution in [0.3, 0.4) is 0 Å². The van der Waals surface area contributed by atoms with Crippen LogP contribution in [0.25, 0.3) is 0 Å². The van der Waals surface area contributed by atoms with Crippen LogP contribution >= 0.6 is 11.6 Å². The molecule has 0 amide bonds. The smallest absolute Gasteiger partial charge is 0.145 e. The van der Waals surface area contributed by atoms with Gasteiger partial charge in [-0.05, 0) is 25.0 Å². The van der Waals surface area contributed by atoms with Gasteiger partial charge in [-0.25, -0.2) is 15.0 Å². The molecule has 0 radical (unpaired) electrons. The molecule has 3 heterocycles. The van der Waals surface area contributed by atoms with Crippen molar-refractivity contribution in [1.82, 2.24) is 15.0 Å². The van der Waals surface area contributed by atoms with E-state index in [2.05, 4.69) is 25.2 Å². The van der Waals surface area contributed by atoms with E-state index in [-0.39, 0.29) is 12.1 Å². The van der Waals surface area contributed by atoms with Crippen LogP contribution in [0.5, 0.6) is 0 Å². The summed E-state index contributed by atoms with van der Waals surface area (Å²) in [7, 11) is 1.73. The van der Waals surface area contributed by atoms with Gasteiger partial charge in [-0.2, -0.15) is 0 Å². The second kappa shape index (κ2) is 7.19. The third kappa shape index (κ3) is 3.52. The Kier molecular flexibility index (Phi) is 5.01. The van der Waals surface area contributed by atoms with Gasteiger partial charge in [0.1, 0.15) is 23.8 Å². The standard InChI is InChI=1S/C16H21ClN6O/c1-10-3-4-19-16(15(10)17)20-7-11-5-12(24-2)8-23(11)14-6-13(18)21-9-22-14/h3-4,6,9,11-12H,5,7-8H2,1-2H3,(H,19,20)(H2,18,21,22)/t11-,12-/m1/s1. The molecule has 128 valence electrons. The number of anilines is 3. The van der Waals surface area contributed by atoms with Crippen LogP contribution in [0.2, 0.25) is 5.02 Å². The molecular weight excluding hydrogens is 328 g/mol. The number of nitrogens with zero attached hydrogens (tertiary/aromatic N) is 4. The molecule has 1 fully saturated rings. The fraction of sp³-hybridized carbons (Fsp3) is 0.438. The third-order valence-corrected chi connectivity index (χ3v) is 4.74. The Morgan fingerprint density at radius 1 is 1.42 bits per heavy atom. The molecule has 0 spiro atoms. The normalized spacial score (nSPS) is 20.4. The Morgan fingerprint density at radius 2 is 2.25 bits per heavy atom. The minimum Gasteiger partial charge on any atom is -0.384 e. The van der Waals surface area contributed by atoms with Crippen LogP contribution < -0.4 is 16.0 Å². The topological polar surface area (TPSA) is 89.2 Å². The van der Waals surface area contributed by atoms with E-state index in [1.165, 1.54) is 6.33 Å². The molecule has 7 nitrogen and oxygen atoms in total. The molecule has 24 heavy (non-hydrogen) atoms. The Hall–Kier alpha value is -2.12. The highest BCUT2D eigenvalue weighted by atomic mass is 35.5. The van der Waals surface area contributed by atoms with Gasteiger partial charge in [-0.1, -0.05) is 11.6 Å². The van der Waals surface area contributed by atoms with Crippen molar-refractivity contribution in [3.63, 3.8) is 0 Å². The monoisotopic (exact) mass is 348 g/mol. The van der Waals surface area contributed by atoms with Crippen LogP contribution in [-0.2, 0) is 4.74 Å². The molecule has 2 aromatic heterocycles. The highest BCUT2D eigenvalue weighted by Gasteiger charge is 2.33. The number of hydrogen-bond acceptors (Lipinski definition) is 7. The molecule has 1 saturated heterocycles. The first-order valence-electron chi connectivity index (χ1n) is 7.80. The van der Waals surface area contributed by atoms with Gasteiger partial charge in [0, 0.05) is 32.5 Å². The van der Waals surface area contributed by atoms with Gasteiger partial charge in [0.05, 0.1) is 17.2 Å². The minimum absolute atomic E-state index is 0.147. The van der Waals surface area contributed by atoms with Crippen molar-refractivity contribution in [3.05, 3.63) is 35.2 Å². The van der Waals surface area contributed by atoms with Gasteiger partial charge in [0.15, 0.2) is 0 Å². The summed E-state index contributed by atoms with van der Waals surface area (Å²) in [6, 6.07) is 3.87. The number of nitrogens with one attached hydrogen (secondary N) is 1. The van der Waals surface area contributed by atoms with Crippen molar-refractivity contribution >= 4 is 29.1 Å². The fourth-order valence-corrected chi connectivity index (χ4v) is 3.09. The number of nitrogens with two attached hydrogens (primary N) is 1. The summed E-state index contributed by atoms with van der Waals surface area (Å²) < 4.78 is 5.53. The van der Waals surface area contributed by atoms with Gasteiger partial charge in [0.25, 0.3) is 0 Å². The van der Waals surface area contributed by atoms with Crippen LogP contribution in [0.1, 0.15) is 12.0 Å². The average Bonchev–Trinajstić information content (AvgIpc) is 2.99. The Labute approximate surface area is 146 Å². The first-order valence-corrected chi connectivity index (χ1v) is 8.18. The van der Waals surface area contributed by atoms with Crippen molar-refractivity contribution in [2.24, 2.45) is 0 Å². The van der Waals surface area contributed by atoms with E-state index in [0.717, 1.165) is 24.3 Å². The Bertz CT molecular complexity index is 713. The maximum absolute atomic E-state index is 6.31. The number of aromatic nitrogens is 3. The van der Waals surface area contributed by atoms with Crippen molar-refractivity contribution < 1.29 is 4.74 Å². The molecule has 0 bridgehead atoms. The molecule has 2 atom stereocenters. The average molecular weight is 349 g/mol. The quantitative estimate of drug-likeness (QED) is 0.855. The molecule has 0 unspecified atom stereocenters. The molecule has 0 aromatic carbocycles. The maximum Gasteiger partial charge on any atom is 0.145 e. The second-order valence-corrected chi connectivity index (χ2v) is 6.25. The first-order chi connectivity index (χ1) is 11.6. The molecule has 2 aromatic rings. The highest BCUT2D eigenvalue weighted by Crippen LogP contribution is 2.28. The lowest BCUT2D eigenvalue weighted by molar-refractivity contribution is 0.118. The van der Waals surface area contributed by atoms with E-state index in [4.69, 9.17) is 22.1 Å². The molecule has 3 rings (SSSR count). The molecular formula is C16H21ClN6O. The van der Waals surface area contributed by atoms with Crippen molar-refractivity contribution in [2.75, 3.05) is 36.1 Å². The molecule has 1 aliphatic heterocycles. The lowest BCUT2D eigenvalue weighted by Crippen LogP contribution is -2.36.